The summed E-state index contributed by atoms with van der Waals surface area (Å²) in [6.07, 6.45) is 5.52. The molecule has 128 valence electrons. The van der Waals surface area contributed by atoms with Crippen LogP contribution in [0.2, 0.25) is 0 Å². The number of hydrogen-bond donors (Lipinski definition) is 0. The quantitative estimate of drug-likeness (QED) is 0.442. The molecule has 0 saturated heterocycles. The molecule has 1 nitrogen and oxygen atoms in total. The molecule has 27 heavy (non-hydrogen) atoms. The second-order valence-corrected chi connectivity index (χ2v) is 7.62. The van der Waals surface area contributed by atoms with Gasteiger partial charge in [-0.05, 0) is 39.8 Å². The summed E-state index contributed by atoms with van der Waals surface area (Å²) in [5.41, 5.74) is 6.44. The van der Waals surface area contributed by atoms with Gasteiger partial charge in [-0.15, -0.1) is 0 Å². The number of rotatable bonds is 0. The largest absolute Gasteiger partial charge is 0.312 e. The van der Waals surface area contributed by atoms with Crippen LogP contribution in [0, 0.1) is 0 Å². The number of allylic oxidation sites excluding steroid dienone is 1. The third kappa shape index (κ3) is 1.65. The maximum atomic E-state index is 4.37. The molecule has 6 rings (SSSR count). The predicted octanol–water partition coefficient (Wildman–Crippen LogP) is 4.52. The van der Waals surface area contributed by atoms with Gasteiger partial charge >= 0.3 is 0 Å². The van der Waals surface area contributed by atoms with Gasteiger partial charge in [0.2, 0.25) is 0 Å². The van der Waals surface area contributed by atoms with Crippen LogP contribution in [0.5, 0.6) is 0 Å². The van der Waals surface area contributed by atoms with Crippen LogP contribution >= 0.6 is 0 Å². The molecule has 2 aliphatic rings. The first-order chi connectivity index (χ1) is 13.2. The first kappa shape index (κ1) is 14.8. The Morgan fingerprint density at radius 2 is 1.67 bits per heavy atom. The highest BCUT2D eigenvalue weighted by molar-refractivity contribution is 5.94. The normalized spacial score (nSPS) is 19.3. The number of nitrogens with zero attached hydrogens (tertiary/aromatic N) is 1. The molecular weight excluding hydrogens is 326 g/mol. The standard InChI is InChI=1S/C26H19N/c1-17-16-24-26(15-7-10-20-9-4-6-12-22(20)26)23-14-13-19-8-3-5-11-21(19)25(23)27(24)18(17)2/h3-14,16H,1-2,15H2. The van der Waals surface area contributed by atoms with Crippen LogP contribution < -0.4 is 10.6 Å². The van der Waals surface area contributed by atoms with Gasteiger partial charge in [0.25, 0.3) is 0 Å². The van der Waals surface area contributed by atoms with Crippen LogP contribution in [0.3, 0.4) is 0 Å². The van der Waals surface area contributed by atoms with E-state index in [1.165, 1.54) is 38.8 Å². The van der Waals surface area contributed by atoms with Crippen molar-refractivity contribution in [1.82, 2.24) is 4.57 Å². The van der Waals surface area contributed by atoms with Gasteiger partial charge in [-0.25, -0.2) is 0 Å². The van der Waals surface area contributed by atoms with Crippen LogP contribution in [0.25, 0.3) is 35.7 Å². The molecule has 1 atom stereocenters. The Hall–Kier alpha value is -3.32. The van der Waals surface area contributed by atoms with Crippen molar-refractivity contribution in [3.05, 3.63) is 106 Å². The van der Waals surface area contributed by atoms with Gasteiger partial charge in [0.05, 0.1) is 11.1 Å². The first-order valence-corrected chi connectivity index (χ1v) is 9.40. The van der Waals surface area contributed by atoms with Crippen LogP contribution in [0.1, 0.15) is 28.8 Å². The Bertz CT molecular complexity index is 1390. The summed E-state index contributed by atoms with van der Waals surface area (Å²) in [6, 6.07) is 24.2. The molecule has 4 aromatic rings. The Morgan fingerprint density at radius 1 is 0.852 bits per heavy atom. The predicted molar refractivity (Wildman–Crippen MR) is 114 cm³/mol. The smallest absolute Gasteiger partial charge is 0.0668 e. The molecule has 1 aromatic heterocycles. The van der Waals surface area contributed by atoms with Crippen molar-refractivity contribution in [1.29, 1.82) is 0 Å². The summed E-state index contributed by atoms with van der Waals surface area (Å²) in [7, 11) is 0. The lowest BCUT2D eigenvalue weighted by Crippen LogP contribution is -2.29. The fourth-order valence-corrected chi connectivity index (χ4v) is 5.15. The van der Waals surface area contributed by atoms with Crippen molar-refractivity contribution in [2.75, 3.05) is 0 Å². The summed E-state index contributed by atoms with van der Waals surface area (Å²) in [5, 5.41) is 4.54. The van der Waals surface area contributed by atoms with E-state index in [0.29, 0.717) is 0 Å². The van der Waals surface area contributed by atoms with Gasteiger partial charge in [-0.1, -0.05) is 86.0 Å². The molecule has 0 amide bonds. The van der Waals surface area contributed by atoms with Crippen LogP contribution in [-0.2, 0) is 5.41 Å². The maximum Gasteiger partial charge on any atom is 0.0668 e. The van der Waals surface area contributed by atoms with E-state index in [0.717, 1.165) is 17.0 Å². The molecule has 1 heteroatoms. The van der Waals surface area contributed by atoms with Crippen LogP contribution in [-0.4, -0.2) is 4.57 Å². The SMILES string of the molecule is C=c1cc2n(c1=C)-c1c(ccc3ccccc13)C21CC=Cc2ccccc21. The van der Waals surface area contributed by atoms with E-state index in [9.17, 15) is 0 Å². The number of benzene rings is 3. The summed E-state index contributed by atoms with van der Waals surface area (Å²) in [4.78, 5) is 0. The lowest BCUT2D eigenvalue weighted by atomic mass is 9.67. The van der Waals surface area contributed by atoms with E-state index in [2.05, 4.69) is 96.6 Å². The second-order valence-electron chi connectivity index (χ2n) is 7.62. The minimum Gasteiger partial charge on any atom is -0.312 e. The van der Waals surface area contributed by atoms with Gasteiger partial charge in [-0.2, -0.15) is 0 Å². The zero-order valence-corrected chi connectivity index (χ0v) is 15.1. The third-order valence-electron chi connectivity index (χ3n) is 6.36. The van der Waals surface area contributed by atoms with Crippen molar-refractivity contribution < 1.29 is 0 Å². The fourth-order valence-electron chi connectivity index (χ4n) is 5.15. The molecular formula is C26H19N. The molecule has 2 heterocycles. The van der Waals surface area contributed by atoms with E-state index in [1.54, 1.807) is 0 Å². The van der Waals surface area contributed by atoms with E-state index in [1.807, 2.05) is 0 Å². The fraction of sp³-hybridized carbons (Fsp3) is 0.0769. The molecule has 1 aliphatic heterocycles. The van der Waals surface area contributed by atoms with Crippen molar-refractivity contribution in [3.8, 4) is 5.69 Å². The topological polar surface area (TPSA) is 4.93 Å². The number of aromatic nitrogens is 1. The molecule has 0 radical (unpaired) electrons. The Balaban J connectivity index is 1.87. The van der Waals surface area contributed by atoms with Crippen molar-refractivity contribution >= 4 is 30.0 Å². The zero-order chi connectivity index (χ0) is 18.2. The zero-order valence-electron chi connectivity index (χ0n) is 15.1. The number of fused-ring (bicyclic) bond motifs is 9. The average molecular weight is 345 g/mol. The Labute approximate surface area is 158 Å². The Kier molecular flexibility index (Phi) is 2.68. The van der Waals surface area contributed by atoms with E-state index in [-0.39, 0.29) is 5.41 Å². The average Bonchev–Trinajstić information content (AvgIpc) is 3.15. The summed E-state index contributed by atoms with van der Waals surface area (Å²) >= 11 is 0. The molecule has 1 spiro atoms. The highest BCUT2D eigenvalue weighted by atomic mass is 15.0. The van der Waals surface area contributed by atoms with E-state index in [4.69, 9.17) is 0 Å². The maximum absolute atomic E-state index is 4.37. The Morgan fingerprint density at radius 3 is 2.59 bits per heavy atom. The minimum absolute atomic E-state index is 0.174. The molecule has 0 fully saturated rings. The van der Waals surface area contributed by atoms with Gasteiger partial charge in [0.1, 0.15) is 0 Å². The van der Waals surface area contributed by atoms with Gasteiger partial charge in [0.15, 0.2) is 0 Å². The molecule has 1 unspecified atom stereocenters. The molecule has 3 aromatic carbocycles. The summed E-state index contributed by atoms with van der Waals surface area (Å²) < 4.78 is 2.36. The molecule has 0 bridgehead atoms. The van der Waals surface area contributed by atoms with Gasteiger partial charge in [0, 0.05) is 16.4 Å². The summed E-state index contributed by atoms with van der Waals surface area (Å²) in [5.74, 6) is 0. The van der Waals surface area contributed by atoms with Gasteiger partial charge in [-0.3, -0.25) is 0 Å². The second kappa shape index (κ2) is 4.89. The van der Waals surface area contributed by atoms with Crippen LogP contribution in [0.4, 0.5) is 0 Å². The third-order valence-corrected chi connectivity index (χ3v) is 6.36. The van der Waals surface area contributed by atoms with Crippen LogP contribution in [0.15, 0.2) is 72.8 Å². The molecule has 0 saturated carbocycles. The van der Waals surface area contributed by atoms with E-state index < -0.39 is 0 Å². The highest BCUT2D eigenvalue weighted by Crippen LogP contribution is 2.53. The van der Waals surface area contributed by atoms with Crippen molar-refractivity contribution in [2.24, 2.45) is 0 Å². The highest BCUT2D eigenvalue weighted by Gasteiger charge is 2.47. The number of hydrogen-bond acceptors (Lipinski definition) is 0. The summed E-state index contributed by atoms with van der Waals surface area (Å²) in [6.45, 7) is 8.64. The lowest BCUT2D eigenvalue weighted by Gasteiger charge is -2.34. The van der Waals surface area contributed by atoms with Crippen molar-refractivity contribution in [2.45, 2.75) is 11.8 Å². The monoisotopic (exact) mass is 345 g/mol. The minimum atomic E-state index is -0.174. The first-order valence-electron chi connectivity index (χ1n) is 9.40. The lowest BCUT2D eigenvalue weighted by molar-refractivity contribution is 0.622. The van der Waals surface area contributed by atoms with Crippen molar-refractivity contribution in [3.63, 3.8) is 0 Å². The molecule has 1 aliphatic carbocycles. The molecule has 0 N–H and O–H groups in total. The van der Waals surface area contributed by atoms with E-state index >= 15 is 0 Å². The van der Waals surface area contributed by atoms with Gasteiger partial charge < -0.3 is 4.57 Å².